The lowest BCUT2D eigenvalue weighted by molar-refractivity contribution is -0.00411. The Morgan fingerprint density at radius 2 is 2.18 bits per heavy atom. The van der Waals surface area contributed by atoms with Crippen LogP contribution in [0.2, 0.25) is 0 Å². The number of para-hydroxylation sites is 1. The summed E-state index contributed by atoms with van der Waals surface area (Å²) in [6, 6.07) is 6.04. The summed E-state index contributed by atoms with van der Waals surface area (Å²) >= 11 is 0. The summed E-state index contributed by atoms with van der Waals surface area (Å²) in [6.45, 7) is 1.51. The molecule has 3 nitrogen and oxygen atoms in total. The van der Waals surface area contributed by atoms with E-state index in [4.69, 9.17) is 9.47 Å². The van der Waals surface area contributed by atoms with E-state index in [1.807, 2.05) is 12.1 Å². The molecule has 2 atom stereocenters. The lowest BCUT2D eigenvalue weighted by Crippen LogP contribution is -2.20. The smallest absolute Gasteiger partial charge is 0.128 e. The maximum atomic E-state index is 10.4. The molecule has 0 saturated carbocycles. The lowest BCUT2D eigenvalue weighted by Gasteiger charge is -2.25. The van der Waals surface area contributed by atoms with Crippen LogP contribution in [0.4, 0.5) is 0 Å². The summed E-state index contributed by atoms with van der Waals surface area (Å²) in [5.74, 6) is 0.891. The van der Waals surface area contributed by atoms with Gasteiger partial charge in [0, 0.05) is 12.2 Å². The van der Waals surface area contributed by atoms with Crippen LogP contribution in [0, 0.1) is 0 Å². The monoisotopic (exact) mass is 234 g/mol. The summed E-state index contributed by atoms with van der Waals surface area (Å²) in [4.78, 5) is 0. The van der Waals surface area contributed by atoms with E-state index in [-0.39, 0.29) is 6.10 Å². The van der Waals surface area contributed by atoms with Gasteiger partial charge in [0.25, 0.3) is 0 Å². The molecule has 3 rings (SSSR count). The molecule has 2 aliphatic heterocycles. The number of aliphatic hydroxyl groups is 1. The van der Waals surface area contributed by atoms with E-state index < -0.39 is 6.10 Å². The van der Waals surface area contributed by atoms with Gasteiger partial charge < -0.3 is 14.6 Å². The zero-order valence-electron chi connectivity index (χ0n) is 9.89. The van der Waals surface area contributed by atoms with Crippen molar-refractivity contribution in [2.45, 2.75) is 37.9 Å². The zero-order chi connectivity index (χ0) is 11.7. The predicted octanol–water partition coefficient (Wildman–Crippen LogP) is 2.22. The average molecular weight is 234 g/mol. The van der Waals surface area contributed by atoms with Gasteiger partial charge in [-0.25, -0.2) is 0 Å². The molecular weight excluding hydrogens is 216 g/mol. The second kappa shape index (κ2) is 4.67. The van der Waals surface area contributed by atoms with Gasteiger partial charge in [0.15, 0.2) is 0 Å². The van der Waals surface area contributed by atoms with E-state index >= 15 is 0 Å². The molecule has 1 aromatic rings. The van der Waals surface area contributed by atoms with Gasteiger partial charge in [0.05, 0.1) is 12.7 Å². The van der Waals surface area contributed by atoms with E-state index in [9.17, 15) is 5.11 Å². The van der Waals surface area contributed by atoms with Crippen LogP contribution < -0.4 is 4.74 Å². The van der Waals surface area contributed by atoms with Crippen molar-refractivity contribution in [2.24, 2.45) is 0 Å². The van der Waals surface area contributed by atoms with Crippen LogP contribution >= 0.6 is 0 Å². The second-order valence-electron chi connectivity index (χ2n) is 4.78. The quantitative estimate of drug-likeness (QED) is 0.852. The summed E-state index contributed by atoms with van der Waals surface area (Å²) in [5.41, 5.74) is 2.11. The summed E-state index contributed by atoms with van der Waals surface area (Å²) in [6.07, 6.45) is 3.47. The van der Waals surface area contributed by atoms with Crippen molar-refractivity contribution in [1.29, 1.82) is 0 Å². The van der Waals surface area contributed by atoms with Gasteiger partial charge in [-0.1, -0.05) is 18.2 Å². The largest absolute Gasteiger partial charge is 0.493 e. The number of ether oxygens (including phenoxy) is 2. The van der Waals surface area contributed by atoms with Crippen molar-refractivity contribution in [2.75, 3.05) is 13.2 Å². The Bertz CT molecular complexity index is 396. The number of benzene rings is 1. The Morgan fingerprint density at radius 3 is 3.00 bits per heavy atom. The van der Waals surface area contributed by atoms with Crippen molar-refractivity contribution < 1.29 is 14.6 Å². The van der Waals surface area contributed by atoms with Gasteiger partial charge in [0.1, 0.15) is 11.9 Å². The van der Waals surface area contributed by atoms with Crippen LogP contribution in [0.5, 0.6) is 5.75 Å². The van der Waals surface area contributed by atoms with E-state index in [2.05, 4.69) is 6.07 Å². The van der Waals surface area contributed by atoms with Crippen molar-refractivity contribution in [3.8, 4) is 5.75 Å². The minimum atomic E-state index is -0.550. The van der Waals surface area contributed by atoms with E-state index in [0.29, 0.717) is 0 Å². The number of aryl methyl sites for hydroxylation is 1. The standard InChI is InChI=1S/C14H18O3/c15-13(12-7-3-8-16-12)11-6-1-4-10-5-2-9-17-14(10)11/h1,4,6,12-13,15H,2-3,5,7-9H2. The molecule has 1 N–H and O–H groups in total. The molecule has 3 heteroatoms. The molecule has 1 saturated heterocycles. The Balaban J connectivity index is 1.91. The number of hydrogen-bond acceptors (Lipinski definition) is 3. The molecule has 17 heavy (non-hydrogen) atoms. The topological polar surface area (TPSA) is 38.7 Å². The van der Waals surface area contributed by atoms with Crippen LogP contribution in [-0.4, -0.2) is 24.4 Å². The molecule has 1 aromatic carbocycles. The molecule has 0 radical (unpaired) electrons. The van der Waals surface area contributed by atoms with Crippen molar-refractivity contribution in [3.05, 3.63) is 29.3 Å². The minimum Gasteiger partial charge on any atom is -0.493 e. The van der Waals surface area contributed by atoms with Gasteiger partial charge in [0.2, 0.25) is 0 Å². The molecule has 0 amide bonds. The molecule has 2 heterocycles. The predicted molar refractivity (Wildman–Crippen MR) is 64.2 cm³/mol. The highest BCUT2D eigenvalue weighted by Gasteiger charge is 2.29. The molecule has 1 fully saturated rings. The van der Waals surface area contributed by atoms with E-state index in [1.165, 1.54) is 5.56 Å². The highest BCUT2D eigenvalue weighted by Crippen LogP contribution is 2.36. The molecular formula is C14H18O3. The van der Waals surface area contributed by atoms with Crippen LogP contribution in [0.1, 0.15) is 36.5 Å². The first-order valence-electron chi connectivity index (χ1n) is 6.40. The van der Waals surface area contributed by atoms with Crippen LogP contribution in [0.15, 0.2) is 18.2 Å². The lowest BCUT2D eigenvalue weighted by atomic mass is 9.96. The first-order chi connectivity index (χ1) is 8.36. The molecule has 0 spiro atoms. The third kappa shape index (κ3) is 2.05. The van der Waals surface area contributed by atoms with Gasteiger partial charge >= 0.3 is 0 Å². The molecule has 0 aliphatic carbocycles. The highest BCUT2D eigenvalue weighted by molar-refractivity contribution is 5.44. The first kappa shape index (κ1) is 11.1. The Kier molecular flexibility index (Phi) is 3.04. The van der Waals surface area contributed by atoms with Crippen LogP contribution in [-0.2, 0) is 11.2 Å². The fraction of sp³-hybridized carbons (Fsp3) is 0.571. The molecule has 0 bridgehead atoms. The Hall–Kier alpha value is -1.06. The average Bonchev–Trinajstić information content (AvgIpc) is 2.91. The van der Waals surface area contributed by atoms with Crippen LogP contribution in [0.25, 0.3) is 0 Å². The third-order valence-corrected chi connectivity index (χ3v) is 3.60. The fourth-order valence-electron chi connectivity index (χ4n) is 2.70. The molecule has 2 unspecified atom stereocenters. The Morgan fingerprint density at radius 1 is 1.24 bits per heavy atom. The minimum absolute atomic E-state index is 0.0629. The summed E-state index contributed by atoms with van der Waals surface area (Å²) in [7, 11) is 0. The van der Waals surface area contributed by atoms with Crippen molar-refractivity contribution in [3.63, 3.8) is 0 Å². The Labute approximate surface area is 101 Å². The molecule has 0 aromatic heterocycles. The van der Waals surface area contributed by atoms with Crippen molar-refractivity contribution in [1.82, 2.24) is 0 Å². The third-order valence-electron chi connectivity index (χ3n) is 3.60. The van der Waals surface area contributed by atoms with Gasteiger partial charge in [-0.2, -0.15) is 0 Å². The zero-order valence-corrected chi connectivity index (χ0v) is 9.89. The molecule has 2 aliphatic rings. The number of fused-ring (bicyclic) bond motifs is 1. The first-order valence-corrected chi connectivity index (χ1v) is 6.40. The number of hydrogen-bond donors (Lipinski definition) is 1. The highest BCUT2D eigenvalue weighted by atomic mass is 16.5. The number of aliphatic hydroxyl groups excluding tert-OH is 1. The maximum Gasteiger partial charge on any atom is 0.128 e. The SMILES string of the molecule is OC(c1cccc2c1OCCC2)C1CCCO1. The maximum absolute atomic E-state index is 10.4. The second-order valence-corrected chi connectivity index (χ2v) is 4.78. The van der Waals surface area contributed by atoms with Gasteiger partial charge in [-0.15, -0.1) is 0 Å². The van der Waals surface area contributed by atoms with Crippen LogP contribution in [0.3, 0.4) is 0 Å². The summed E-state index contributed by atoms with van der Waals surface area (Å²) < 4.78 is 11.3. The van der Waals surface area contributed by atoms with E-state index in [1.54, 1.807) is 0 Å². The van der Waals surface area contributed by atoms with Gasteiger partial charge in [-0.05, 0) is 31.2 Å². The van der Waals surface area contributed by atoms with Gasteiger partial charge in [-0.3, -0.25) is 0 Å². The van der Waals surface area contributed by atoms with Crippen molar-refractivity contribution >= 4 is 0 Å². The summed E-state index contributed by atoms with van der Waals surface area (Å²) in [5, 5.41) is 10.4. The number of rotatable bonds is 2. The fourth-order valence-corrected chi connectivity index (χ4v) is 2.70. The molecule has 92 valence electrons. The normalized spacial score (nSPS) is 25.1. The van der Waals surface area contributed by atoms with E-state index in [0.717, 1.165) is 50.2 Å².